The van der Waals surface area contributed by atoms with Crippen molar-refractivity contribution in [3.05, 3.63) is 66.2 Å². The maximum atomic E-state index is 12.2. The van der Waals surface area contributed by atoms with Crippen molar-refractivity contribution in [2.24, 2.45) is 0 Å². The Labute approximate surface area is 152 Å². The number of aromatic nitrogens is 3. The third-order valence-electron chi connectivity index (χ3n) is 3.57. The zero-order valence-corrected chi connectivity index (χ0v) is 14.1. The van der Waals surface area contributed by atoms with Crippen LogP contribution in [0.25, 0.3) is 5.69 Å². The topological polar surface area (TPSA) is 86.1 Å². The Kier molecular flexibility index (Phi) is 5.20. The Morgan fingerprint density at radius 1 is 1.07 bits per heavy atom. The summed E-state index contributed by atoms with van der Waals surface area (Å²) in [6.45, 7) is -1.45. The normalized spacial score (nSPS) is 10.7. The zero-order chi connectivity index (χ0) is 19.4. The number of Topliss-reactive ketones (excluding diaryl/α,β-unsaturated/α-hetero) is 1. The molecule has 1 amide bonds. The number of ether oxygens (including phenoxy) is 1. The molecule has 0 aliphatic carbocycles. The van der Waals surface area contributed by atoms with Crippen molar-refractivity contribution in [2.45, 2.75) is 13.5 Å². The molecule has 0 aliphatic heterocycles. The molecule has 0 spiro atoms. The van der Waals surface area contributed by atoms with Gasteiger partial charge in [-0.15, -0.1) is 5.10 Å². The number of benzene rings is 2. The van der Waals surface area contributed by atoms with Gasteiger partial charge in [-0.1, -0.05) is 0 Å². The van der Waals surface area contributed by atoms with Gasteiger partial charge in [0.1, 0.15) is 12.1 Å². The van der Waals surface area contributed by atoms with Crippen LogP contribution in [0.4, 0.5) is 14.5 Å². The van der Waals surface area contributed by atoms with Crippen LogP contribution >= 0.6 is 0 Å². The summed E-state index contributed by atoms with van der Waals surface area (Å²) in [5, 5.41) is 6.69. The number of alkyl halides is 2. The lowest BCUT2D eigenvalue weighted by molar-refractivity contribution is -0.0498. The molecular formula is C18H14F2N4O3. The second-order valence-electron chi connectivity index (χ2n) is 5.47. The van der Waals surface area contributed by atoms with E-state index in [2.05, 4.69) is 20.1 Å². The number of ketones is 1. The zero-order valence-electron chi connectivity index (χ0n) is 14.1. The number of nitrogens with one attached hydrogen (secondary N) is 1. The lowest BCUT2D eigenvalue weighted by Gasteiger charge is -2.05. The number of hydrogen-bond acceptors (Lipinski definition) is 5. The number of rotatable bonds is 6. The number of carbonyl (C=O) groups is 2. The maximum Gasteiger partial charge on any atom is 0.387 e. The first-order valence-corrected chi connectivity index (χ1v) is 7.81. The third-order valence-corrected chi connectivity index (χ3v) is 3.57. The fourth-order valence-electron chi connectivity index (χ4n) is 2.25. The van der Waals surface area contributed by atoms with Crippen molar-refractivity contribution in [3.63, 3.8) is 0 Å². The van der Waals surface area contributed by atoms with E-state index in [9.17, 15) is 18.4 Å². The molecule has 2 aromatic carbocycles. The van der Waals surface area contributed by atoms with Gasteiger partial charge < -0.3 is 10.1 Å². The van der Waals surface area contributed by atoms with Gasteiger partial charge in [0.05, 0.1) is 5.69 Å². The highest BCUT2D eigenvalue weighted by Gasteiger charge is 2.13. The van der Waals surface area contributed by atoms with Crippen LogP contribution in [0.15, 0.2) is 54.9 Å². The molecule has 0 bridgehead atoms. The largest absolute Gasteiger partial charge is 0.435 e. The van der Waals surface area contributed by atoms with Crippen LogP contribution in [0.2, 0.25) is 0 Å². The van der Waals surface area contributed by atoms with Gasteiger partial charge in [-0.2, -0.15) is 8.78 Å². The lowest BCUT2D eigenvalue weighted by atomic mass is 10.1. The highest BCUT2D eigenvalue weighted by Crippen LogP contribution is 2.17. The minimum absolute atomic E-state index is 0.0147. The smallest absolute Gasteiger partial charge is 0.387 e. The molecule has 1 N–H and O–H groups in total. The number of hydrogen-bond donors (Lipinski definition) is 1. The highest BCUT2D eigenvalue weighted by atomic mass is 19.3. The molecule has 3 rings (SSSR count). The maximum absolute atomic E-state index is 12.2. The molecule has 9 heteroatoms. The van der Waals surface area contributed by atoms with E-state index in [4.69, 9.17) is 0 Å². The van der Waals surface area contributed by atoms with Gasteiger partial charge in [0, 0.05) is 11.3 Å². The quantitative estimate of drug-likeness (QED) is 0.671. The molecule has 0 fully saturated rings. The number of nitrogens with zero attached hydrogens (tertiary/aromatic N) is 3. The fourth-order valence-corrected chi connectivity index (χ4v) is 2.25. The summed E-state index contributed by atoms with van der Waals surface area (Å²) >= 11 is 0. The summed E-state index contributed by atoms with van der Waals surface area (Å²) < 4.78 is 29.9. The molecule has 7 nitrogen and oxygen atoms in total. The van der Waals surface area contributed by atoms with Gasteiger partial charge in [0.25, 0.3) is 5.91 Å². The monoisotopic (exact) mass is 372 g/mol. The Bertz CT molecular complexity index is 953. The van der Waals surface area contributed by atoms with Gasteiger partial charge in [0.2, 0.25) is 5.82 Å². The van der Waals surface area contributed by atoms with E-state index in [1.165, 1.54) is 42.2 Å². The average molecular weight is 372 g/mol. The predicted octanol–water partition coefficient (Wildman–Crippen LogP) is 3.32. The van der Waals surface area contributed by atoms with Crippen molar-refractivity contribution < 1.29 is 23.1 Å². The summed E-state index contributed by atoms with van der Waals surface area (Å²) in [4.78, 5) is 27.4. The SMILES string of the molecule is CC(=O)c1ccc(NC(=O)c2ncn(-c3ccc(OC(F)F)cc3)n2)cc1. The Morgan fingerprint density at radius 3 is 2.33 bits per heavy atom. The summed E-state index contributed by atoms with van der Waals surface area (Å²) in [5.74, 6) is -0.653. The van der Waals surface area contributed by atoms with E-state index < -0.39 is 12.5 Å². The number of anilines is 1. The fraction of sp³-hybridized carbons (Fsp3) is 0.111. The summed E-state index contributed by atoms with van der Waals surface area (Å²) in [6.07, 6.45) is 1.33. The minimum Gasteiger partial charge on any atom is -0.435 e. The van der Waals surface area contributed by atoms with Crippen LogP contribution in [-0.4, -0.2) is 33.1 Å². The summed E-state index contributed by atoms with van der Waals surface area (Å²) in [6, 6.07) is 12.2. The van der Waals surface area contributed by atoms with E-state index in [-0.39, 0.29) is 17.4 Å². The molecule has 138 valence electrons. The number of carbonyl (C=O) groups excluding carboxylic acids is 2. The molecule has 27 heavy (non-hydrogen) atoms. The van der Waals surface area contributed by atoms with Gasteiger partial charge in [0.15, 0.2) is 5.78 Å². The Morgan fingerprint density at radius 2 is 1.74 bits per heavy atom. The third kappa shape index (κ3) is 4.51. The van der Waals surface area contributed by atoms with Gasteiger partial charge >= 0.3 is 6.61 Å². The van der Waals surface area contributed by atoms with E-state index in [1.807, 2.05) is 0 Å². The van der Waals surface area contributed by atoms with Crippen molar-refractivity contribution in [2.75, 3.05) is 5.32 Å². The molecule has 0 atom stereocenters. The Balaban J connectivity index is 1.69. The van der Waals surface area contributed by atoms with E-state index >= 15 is 0 Å². The highest BCUT2D eigenvalue weighted by molar-refractivity contribution is 6.02. The summed E-state index contributed by atoms with van der Waals surface area (Å²) in [7, 11) is 0. The summed E-state index contributed by atoms with van der Waals surface area (Å²) in [5.41, 5.74) is 1.55. The second-order valence-corrected chi connectivity index (χ2v) is 5.47. The van der Waals surface area contributed by atoms with Crippen molar-refractivity contribution in [1.82, 2.24) is 14.8 Å². The molecule has 1 aromatic heterocycles. The molecule has 1 heterocycles. The van der Waals surface area contributed by atoms with Crippen LogP contribution < -0.4 is 10.1 Å². The van der Waals surface area contributed by atoms with Crippen molar-refractivity contribution in [3.8, 4) is 11.4 Å². The van der Waals surface area contributed by atoms with Gasteiger partial charge in [-0.25, -0.2) is 9.67 Å². The van der Waals surface area contributed by atoms with Crippen LogP contribution in [0, 0.1) is 0 Å². The van der Waals surface area contributed by atoms with Crippen LogP contribution in [0.3, 0.4) is 0 Å². The van der Waals surface area contributed by atoms with Crippen molar-refractivity contribution in [1.29, 1.82) is 0 Å². The molecule has 0 saturated heterocycles. The number of halogens is 2. The van der Waals surface area contributed by atoms with Crippen LogP contribution in [0.5, 0.6) is 5.75 Å². The first-order chi connectivity index (χ1) is 12.9. The first-order valence-electron chi connectivity index (χ1n) is 7.81. The van der Waals surface area contributed by atoms with Gasteiger partial charge in [-0.05, 0) is 55.5 Å². The molecule has 0 saturated carbocycles. The molecule has 0 unspecified atom stereocenters. The molecule has 0 aliphatic rings. The minimum atomic E-state index is -2.90. The standard InChI is InChI=1S/C18H14F2N4O3/c1-11(25)12-2-4-13(5-3-12)22-17(26)16-21-10-24(23-16)14-6-8-15(9-7-14)27-18(19)20/h2-10,18H,1H3,(H,22,26). The first kappa shape index (κ1) is 18.2. The van der Waals surface area contributed by atoms with E-state index in [1.54, 1.807) is 24.3 Å². The molecule has 3 aromatic rings. The van der Waals surface area contributed by atoms with E-state index in [0.29, 0.717) is 16.9 Å². The van der Waals surface area contributed by atoms with Crippen molar-refractivity contribution >= 4 is 17.4 Å². The second kappa shape index (κ2) is 7.73. The van der Waals surface area contributed by atoms with Crippen LogP contribution in [-0.2, 0) is 0 Å². The predicted molar refractivity (Wildman–Crippen MR) is 92.4 cm³/mol. The average Bonchev–Trinajstić information content (AvgIpc) is 3.12. The molecule has 0 radical (unpaired) electrons. The number of amides is 1. The molecular weight excluding hydrogens is 358 g/mol. The van der Waals surface area contributed by atoms with Crippen LogP contribution in [0.1, 0.15) is 27.9 Å². The lowest BCUT2D eigenvalue weighted by Crippen LogP contribution is -2.14. The van der Waals surface area contributed by atoms with E-state index in [0.717, 1.165) is 0 Å². The van der Waals surface area contributed by atoms with Gasteiger partial charge in [-0.3, -0.25) is 9.59 Å². The Hall–Kier alpha value is -3.62.